The maximum absolute atomic E-state index is 12.5. The summed E-state index contributed by atoms with van der Waals surface area (Å²) < 4.78 is 33.1. The van der Waals surface area contributed by atoms with E-state index in [0.717, 1.165) is 24.8 Å². The molecule has 2 atom stereocenters. The fourth-order valence-corrected chi connectivity index (χ4v) is 4.28. The normalized spacial score (nSPS) is 22.4. The highest BCUT2D eigenvalue weighted by Gasteiger charge is 2.28. The molecule has 21 heavy (non-hydrogen) atoms. The van der Waals surface area contributed by atoms with Crippen molar-refractivity contribution in [3.63, 3.8) is 0 Å². The molecule has 2 N–H and O–H groups in total. The summed E-state index contributed by atoms with van der Waals surface area (Å²) in [5, 5.41) is 3.04. The van der Waals surface area contributed by atoms with Crippen LogP contribution < -0.4 is 14.8 Å². The van der Waals surface area contributed by atoms with Crippen LogP contribution >= 0.6 is 0 Å². The average Bonchev–Trinajstić information content (AvgIpc) is 2.83. The van der Waals surface area contributed by atoms with E-state index in [9.17, 15) is 8.42 Å². The van der Waals surface area contributed by atoms with Gasteiger partial charge >= 0.3 is 0 Å². The molecule has 1 fully saturated rings. The molecule has 0 amide bonds. The molecule has 1 aromatic rings. The highest BCUT2D eigenvalue weighted by molar-refractivity contribution is 7.89. The van der Waals surface area contributed by atoms with Gasteiger partial charge in [0.25, 0.3) is 0 Å². The van der Waals surface area contributed by atoms with E-state index in [1.165, 1.54) is 7.11 Å². The summed E-state index contributed by atoms with van der Waals surface area (Å²) in [6.07, 6.45) is 2.88. The van der Waals surface area contributed by atoms with Crippen LogP contribution in [0.4, 0.5) is 0 Å². The summed E-state index contributed by atoms with van der Waals surface area (Å²) in [5.74, 6) is 0.971. The highest BCUT2D eigenvalue weighted by Crippen LogP contribution is 2.29. The first-order valence-electron chi connectivity index (χ1n) is 7.30. The van der Waals surface area contributed by atoms with Gasteiger partial charge in [0.1, 0.15) is 10.6 Å². The third kappa shape index (κ3) is 3.96. The second-order valence-corrected chi connectivity index (χ2v) is 7.43. The van der Waals surface area contributed by atoms with E-state index >= 15 is 0 Å². The van der Waals surface area contributed by atoms with Crippen molar-refractivity contribution in [2.45, 2.75) is 43.7 Å². The summed E-state index contributed by atoms with van der Waals surface area (Å²) in [6, 6.07) is 5.23. The van der Waals surface area contributed by atoms with E-state index in [1.807, 2.05) is 13.1 Å². The van der Waals surface area contributed by atoms with E-state index in [-0.39, 0.29) is 10.9 Å². The van der Waals surface area contributed by atoms with Crippen LogP contribution in [0.3, 0.4) is 0 Å². The Morgan fingerprint density at radius 1 is 1.33 bits per heavy atom. The molecule has 0 aliphatic heterocycles. The Bertz CT molecular complexity index is 587. The molecule has 1 aliphatic carbocycles. The smallest absolute Gasteiger partial charge is 0.244 e. The molecule has 1 saturated carbocycles. The molecule has 2 rings (SSSR count). The first-order chi connectivity index (χ1) is 9.96. The molecule has 1 aliphatic rings. The summed E-state index contributed by atoms with van der Waals surface area (Å²) in [5.41, 5.74) is 0.989. The summed E-state index contributed by atoms with van der Waals surface area (Å²) in [7, 11) is -0.195. The highest BCUT2D eigenvalue weighted by atomic mass is 32.2. The molecule has 0 saturated heterocycles. The van der Waals surface area contributed by atoms with Gasteiger partial charge in [-0.15, -0.1) is 0 Å². The van der Waals surface area contributed by atoms with Crippen LogP contribution in [0.15, 0.2) is 23.1 Å². The Morgan fingerprint density at radius 3 is 2.67 bits per heavy atom. The number of methoxy groups -OCH3 is 1. The zero-order valence-electron chi connectivity index (χ0n) is 12.8. The van der Waals surface area contributed by atoms with Gasteiger partial charge in [-0.2, -0.15) is 0 Å². The van der Waals surface area contributed by atoms with Crippen molar-refractivity contribution in [1.29, 1.82) is 0 Å². The minimum atomic E-state index is -3.54. The van der Waals surface area contributed by atoms with Crippen LogP contribution in [0.5, 0.6) is 5.75 Å². The Balaban J connectivity index is 2.22. The van der Waals surface area contributed by atoms with Crippen molar-refractivity contribution < 1.29 is 13.2 Å². The van der Waals surface area contributed by atoms with Crippen LogP contribution in [0.2, 0.25) is 0 Å². The molecule has 0 bridgehead atoms. The Labute approximate surface area is 127 Å². The number of nitrogens with one attached hydrogen (secondary N) is 2. The zero-order chi connectivity index (χ0) is 15.5. The maximum atomic E-state index is 12.5. The minimum absolute atomic E-state index is 0.0340. The lowest BCUT2D eigenvalue weighted by Crippen LogP contribution is -2.33. The largest absolute Gasteiger partial charge is 0.495 e. The first-order valence-corrected chi connectivity index (χ1v) is 8.78. The van der Waals surface area contributed by atoms with Crippen molar-refractivity contribution in [1.82, 2.24) is 10.0 Å². The quantitative estimate of drug-likeness (QED) is 0.841. The number of ether oxygens (including phenoxy) is 1. The summed E-state index contributed by atoms with van der Waals surface area (Å²) >= 11 is 0. The van der Waals surface area contributed by atoms with Crippen molar-refractivity contribution >= 4 is 10.0 Å². The monoisotopic (exact) mass is 312 g/mol. The van der Waals surface area contributed by atoms with Crippen LogP contribution in [0.25, 0.3) is 0 Å². The Morgan fingerprint density at radius 2 is 2.10 bits per heavy atom. The molecular formula is C15H24N2O3S. The van der Waals surface area contributed by atoms with Gasteiger partial charge in [-0.05, 0) is 49.9 Å². The van der Waals surface area contributed by atoms with Gasteiger partial charge in [-0.3, -0.25) is 0 Å². The average molecular weight is 312 g/mol. The lowest BCUT2D eigenvalue weighted by Gasteiger charge is -2.16. The van der Waals surface area contributed by atoms with Crippen molar-refractivity contribution in [3.8, 4) is 5.75 Å². The minimum Gasteiger partial charge on any atom is -0.495 e. The third-order valence-corrected chi connectivity index (χ3v) is 5.48. The fraction of sp³-hybridized carbons (Fsp3) is 0.600. The van der Waals surface area contributed by atoms with Crippen molar-refractivity contribution in [3.05, 3.63) is 23.8 Å². The van der Waals surface area contributed by atoms with E-state index in [4.69, 9.17) is 4.74 Å². The zero-order valence-corrected chi connectivity index (χ0v) is 13.7. The fourth-order valence-electron chi connectivity index (χ4n) is 2.85. The van der Waals surface area contributed by atoms with Gasteiger partial charge in [0.05, 0.1) is 7.11 Å². The van der Waals surface area contributed by atoms with Gasteiger partial charge < -0.3 is 10.1 Å². The van der Waals surface area contributed by atoms with Crippen molar-refractivity contribution in [2.75, 3.05) is 14.2 Å². The number of sulfonamides is 1. The molecule has 0 aromatic heterocycles. The second-order valence-electron chi connectivity index (χ2n) is 5.75. The lowest BCUT2D eigenvalue weighted by atomic mass is 10.1. The number of hydrogen-bond donors (Lipinski definition) is 2. The van der Waals surface area contributed by atoms with E-state index < -0.39 is 10.0 Å². The van der Waals surface area contributed by atoms with Gasteiger partial charge in [-0.25, -0.2) is 13.1 Å². The number of hydrogen-bond acceptors (Lipinski definition) is 4. The van der Waals surface area contributed by atoms with Gasteiger partial charge in [0.15, 0.2) is 0 Å². The van der Waals surface area contributed by atoms with E-state index in [1.54, 1.807) is 12.1 Å². The topological polar surface area (TPSA) is 67.4 Å². The predicted octanol–water partition coefficient (Wildman–Crippen LogP) is 1.88. The lowest BCUT2D eigenvalue weighted by molar-refractivity contribution is 0.401. The third-order valence-electron chi connectivity index (χ3n) is 3.92. The SMILES string of the molecule is CNCc1ccc(S(=O)(=O)NC2CCC(C)C2)c(OC)c1. The molecule has 6 heteroatoms. The summed E-state index contributed by atoms with van der Waals surface area (Å²) in [6.45, 7) is 2.83. The maximum Gasteiger partial charge on any atom is 0.244 e. The molecule has 0 spiro atoms. The standard InChI is InChI=1S/C15H24N2O3S/c1-11-4-6-13(8-11)17-21(18,19)15-7-5-12(10-16-2)9-14(15)20-3/h5,7,9,11,13,16-17H,4,6,8,10H2,1-3H3. The van der Waals surface area contributed by atoms with E-state index in [2.05, 4.69) is 17.0 Å². The van der Waals surface area contributed by atoms with Crippen LogP contribution in [-0.4, -0.2) is 28.6 Å². The molecule has 0 radical (unpaired) electrons. The predicted molar refractivity (Wildman–Crippen MR) is 82.9 cm³/mol. The molecular weight excluding hydrogens is 288 g/mol. The molecule has 118 valence electrons. The first kappa shape index (κ1) is 16.3. The number of benzene rings is 1. The molecule has 0 heterocycles. The van der Waals surface area contributed by atoms with Gasteiger partial charge in [-0.1, -0.05) is 13.0 Å². The molecule has 5 nitrogen and oxygen atoms in total. The molecule has 2 unspecified atom stereocenters. The van der Waals surface area contributed by atoms with Gasteiger partial charge in [0, 0.05) is 12.6 Å². The molecule has 1 aromatic carbocycles. The second kappa shape index (κ2) is 6.77. The Hall–Kier alpha value is -1.11. The van der Waals surface area contributed by atoms with Gasteiger partial charge in [0.2, 0.25) is 10.0 Å². The van der Waals surface area contributed by atoms with Crippen LogP contribution in [0, 0.1) is 5.92 Å². The van der Waals surface area contributed by atoms with E-state index in [0.29, 0.717) is 18.2 Å². The number of rotatable bonds is 6. The van der Waals surface area contributed by atoms with Crippen molar-refractivity contribution in [2.24, 2.45) is 5.92 Å². The summed E-state index contributed by atoms with van der Waals surface area (Å²) in [4.78, 5) is 0.212. The Kier molecular flexibility index (Phi) is 5.24. The van der Waals surface area contributed by atoms with Crippen LogP contribution in [-0.2, 0) is 16.6 Å². The van der Waals surface area contributed by atoms with Crippen LogP contribution in [0.1, 0.15) is 31.7 Å².